The Hall–Kier alpha value is -1.06. The zero-order valence-corrected chi connectivity index (χ0v) is 14.1. The van der Waals surface area contributed by atoms with Crippen LogP contribution < -0.4 is 11.1 Å². The van der Waals surface area contributed by atoms with Crippen LogP contribution in [0.1, 0.15) is 61.8 Å². The highest BCUT2D eigenvalue weighted by Gasteiger charge is 2.35. The predicted molar refractivity (Wildman–Crippen MR) is 89.7 cm³/mol. The molecule has 0 aromatic heterocycles. The van der Waals surface area contributed by atoms with Gasteiger partial charge in [-0.3, -0.25) is 4.79 Å². The van der Waals surface area contributed by atoms with E-state index in [0.29, 0.717) is 0 Å². The Morgan fingerprint density at radius 3 is 2.43 bits per heavy atom. The summed E-state index contributed by atoms with van der Waals surface area (Å²) in [6.45, 7) is 6.20. The highest BCUT2D eigenvalue weighted by molar-refractivity contribution is 5.86. The molecule has 0 heterocycles. The van der Waals surface area contributed by atoms with Crippen molar-refractivity contribution in [2.75, 3.05) is 0 Å². The zero-order valence-electron chi connectivity index (χ0n) is 13.2. The van der Waals surface area contributed by atoms with Gasteiger partial charge in [0, 0.05) is 0 Å². The van der Waals surface area contributed by atoms with Crippen LogP contribution in [0, 0.1) is 13.8 Å². The van der Waals surface area contributed by atoms with Crippen molar-refractivity contribution in [3.05, 3.63) is 34.9 Å². The van der Waals surface area contributed by atoms with Gasteiger partial charge in [0.2, 0.25) is 5.91 Å². The Labute approximate surface area is 134 Å². The minimum Gasteiger partial charge on any atom is -0.348 e. The van der Waals surface area contributed by atoms with Gasteiger partial charge in [-0.2, -0.15) is 0 Å². The van der Waals surface area contributed by atoms with Gasteiger partial charge >= 0.3 is 0 Å². The van der Waals surface area contributed by atoms with Gasteiger partial charge in [-0.15, -0.1) is 12.4 Å². The maximum atomic E-state index is 12.4. The number of rotatable bonds is 3. The summed E-state index contributed by atoms with van der Waals surface area (Å²) < 4.78 is 0. The summed E-state index contributed by atoms with van der Waals surface area (Å²) in [5.74, 6) is 0.00433. The van der Waals surface area contributed by atoms with Gasteiger partial charge < -0.3 is 11.1 Å². The Balaban J connectivity index is 0.00000220. The normalized spacial score (nSPS) is 18.5. The number of aryl methyl sites for hydroxylation is 2. The van der Waals surface area contributed by atoms with Crippen molar-refractivity contribution in [3.63, 3.8) is 0 Å². The Morgan fingerprint density at radius 1 is 1.24 bits per heavy atom. The van der Waals surface area contributed by atoms with Crippen LogP contribution >= 0.6 is 12.4 Å². The number of benzene rings is 1. The van der Waals surface area contributed by atoms with Crippen LogP contribution in [0.2, 0.25) is 0 Å². The fourth-order valence-electron chi connectivity index (χ4n) is 3.14. The summed E-state index contributed by atoms with van der Waals surface area (Å²) >= 11 is 0. The van der Waals surface area contributed by atoms with Crippen molar-refractivity contribution in [2.45, 2.75) is 64.5 Å². The summed E-state index contributed by atoms with van der Waals surface area (Å²) in [6.07, 6.45) is 4.92. The molecule has 3 N–H and O–H groups in total. The van der Waals surface area contributed by atoms with Crippen molar-refractivity contribution in [1.82, 2.24) is 5.32 Å². The molecule has 1 aliphatic rings. The molecular formula is C17H27ClN2O. The number of nitrogens with two attached hydrogens (primary N) is 1. The van der Waals surface area contributed by atoms with Gasteiger partial charge in [0.05, 0.1) is 11.6 Å². The first-order valence-electron chi connectivity index (χ1n) is 7.59. The lowest BCUT2D eigenvalue weighted by Gasteiger charge is -2.33. The van der Waals surface area contributed by atoms with E-state index in [1.165, 1.54) is 23.1 Å². The molecule has 3 nitrogen and oxygen atoms in total. The number of hydrogen-bond acceptors (Lipinski definition) is 2. The van der Waals surface area contributed by atoms with Crippen molar-refractivity contribution in [1.29, 1.82) is 0 Å². The highest BCUT2D eigenvalue weighted by atomic mass is 35.5. The van der Waals surface area contributed by atoms with E-state index in [4.69, 9.17) is 5.73 Å². The molecule has 1 atom stereocenters. The third-order valence-corrected chi connectivity index (χ3v) is 4.44. The van der Waals surface area contributed by atoms with Crippen molar-refractivity contribution in [2.24, 2.45) is 5.73 Å². The third-order valence-electron chi connectivity index (χ3n) is 4.44. The zero-order chi connectivity index (χ0) is 14.8. The summed E-state index contributed by atoms with van der Waals surface area (Å²) in [5.41, 5.74) is 9.25. The molecule has 0 radical (unpaired) electrons. The van der Waals surface area contributed by atoms with Crippen molar-refractivity contribution >= 4 is 18.3 Å². The Morgan fingerprint density at radius 2 is 1.86 bits per heavy atom. The van der Waals surface area contributed by atoms with Crippen LogP contribution in [0.15, 0.2) is 18.2 Å². The molecule has 1 amide bonds. The third kappa shape index (κ3) is 4.21. The fraction of sp³-hybridized carbons (Fsp3) is 0.588. The first-order chi connectivity index (χ1) is 9.42. The van der Waals surface area contributed by atoms with Crippen LogP contribution in [0.3, 0.4) is 0 Å². The van der Waals surface area contributed by atoms with E-state index in [-0.39, 0.29) is 24.4 Å². The predicted octanol–water partition coefficient (Wildman–Crippen LogP) is 3.56. The molecule has 1 aliphatic carbocycles. The van der Waals surface area contributed by atoms with Crippen molar-refractivity contribution < 1.29 is 4.79 Å². The quantitative estimate of drug-likeness (QED) is 0.897. The first kappa shape index (κ1) is 18.0. The van der Waals surface area contributed by atoms with E-state index in [1.807, 2.05) is 6.92 Å². The van der Waals surface area contributed by atoms with Gasteiger partial charge in [-0.25, -0.2) is 0 Å². The molecule has 0 saturated heterocycles. The molecule has 1 saturated carbocycles. The number of carbonyl (C=O) groups is 1. The number of amides is 1. The standard InChI is InChI=1S/C17H26N2O.ClH/c1-12-7-8-15(13(2)11-12)14(3)19-16(20)17(18)9-5-4-6-10-17;/h7-8,11,14H,4-6,9-10,18H2,1-3H3,(H,19,20);1H. The smallest absolute Gasteiger partial charge is 0.240 e. The van der Waals surface area contributed by atoms with Crippen LogP contribution in [-0.4, -0.2) is 11.4 Å². The van der Waals surface area contributed by atoms with E-state index in [1.54, 1.807) is 0 Å². The lowest BCUT2D eigenvalue weighted by atomic mass is 9.81. The average molecular weight is 311 g/mol. The summed E-state index contributed by atoms with van der Waals surface area (Å²) in [6, 6.07) is 6.34. The van der Waals surface area contributed by atoms with Gasteiger partial charge in [0.1, 0.15) is 0 Å². The Kier molecular flexibility index (Phi) is 6.24. The second-order valence-electron chi connectivity index (χ2n) is 6.27. The lowest BCUT2D eigenvalue weighted by Crippen LogP contribution is -2.55. The summed E-state index contributed by atoms with van der Waals surface area (Å²) in [7, 11) is 0. The fourth-order valence-corrected chi connectivity index (χ4v) is 3.14. The van der Waals surface area contributed by atoms with E-state index in [9.17, 15) is 4.79 Å². The second-order valence-corrected chi connectivity index (χ2v) is 6.27. The maximum Gasteiger partial charge on any atom is 0.240 e. The number of hydrogen-bond donors (Lipinski definition) is 2. The minimum absolute atomic E-state index is 0. The number of halogens is 1. The monoisotopic (exact) mass is 310 g/mol. The molecule has 1 unspecified atom stereocenters. The number of carbonyl (C=O) groups excluding carboxylic acids is 1. The van der Waals surface area contributed by atoms with E-state index < -0.39 is 5.54 Å². The van der Waals surface area contributed by atoms with Gasteiger partial charge in [0.25, 0.3) is 0 Å². The molecule has 1 fully saturated rings. The SMILES string of the molecule is Cc1ccc(C(C)NC(=O)C2(N)CCCCC2)c(C)c1.Cl. The van der Waals surface area contributed by atoms with Crippen LogP contribution in [0.5, 0.6) is 0 Å². The largest absolute Gasteiger partial charge is 0.348 e. The summed E-state index contributed by atoms with van der Waals surface area (Å²) in [5, 5.41) is 3.10. The molecule has 0 spiro atoms. The van der Waals surface area contributed by atoms with Crippen LogP contribution in [0.25, 0.3) is 0 Å². The number of nitrogens with one attached hydrogen (secondary N) is 1. The van der Waals surface area contributed by atoms with Crippen LogP contribution in [-0.2, 0) is 4.79 Å². The van der Waals surface area contributed by atoms with Crippen molar-refractivity contribution in [3.8, 4) is 0 Å². The molecule has 1 aromatic rings. The van der Waals surface area contributed by atoms with E-state index >= 15 is 0 Å². The van der Waals surface area contributed by atoms with Gasteiger partial charge in [-0.1, -0.05) is 43.0 Å². The van der Waals surface area contributed by atoms with E-state index in [2.05, 4.69) is 37.4 Å². The first-order valence-corrected chi connectivity index (χ1v) is 7.59. The minimum atomic E-state index is -0.662. The Bertz CT molecular complexity index is 496. The van der Waals surface area contributed by atoms with E-state index in [0.717, 1.165) is 25.7 Å². The molecule has 21 heavy (non-hydrogen) atoms. The maximum absolute atomic E-state index is 12.4. The second kappa shape index (κ2) is 7.28. The summed E-state index contributed by atoms with van der Waals surface area (Å²) in [4.78, 5) is 12.4. The molecule has 0 aliphatic heterocycles. The molecule has 0 bridgehead atoms. The van der Waals surface area contributed by atoms with Crippen LogP contribution in [0.4, 0.5) is 0 Å². The molecule has 118 valence electrons. The molecule has 1 aromatic carbocycles. The van der Waals surface area contributed by atoms with Gasteiger partial charge in [0.15, 0.2) is 0 Å². The molecular weight excluding hydrogens is 284 g/mol. The topological polar surface area (TPSA) is 55.1 Å². The molecule has 4 heteroatoms. The van der Waals surface area contributed by atoms with Gasteiger partial charge in [-0.05, 0) is 44.7 Å². The lowest BCUT2D eigenvalue weighted by molar-refractivity contribution is -0.128. The highest BCUT2D eigenvalue weighted by Crippen LogP contribution is 2.27. The molecule has 2 rings (SSSR count). The average Bonchev–Trinajstić information content (AvgIpc) is 2.39.